The number of rotatable bonds is 9. The van der Waals surface area contributed by atoms with Crippen LogP contribution in [0.2, 0.25) is 0 Å². The molecule has 234 valence electrons. The van der Waals surface area contributed by atoms with Gasteiger partial charge in [-0.25, -0.2) is 8.78 Å². The maximum atomic E-state index is 13.5. The predicted octanol–water partition coefficient (Wildman–Crippen LogP) is 7.04. The molecule has 2 aromatic rings. The van der Waals surface area contributed by atoms with E-state index in [0.29, 0.717) is 12.2 Å². The SMILES string of the molecule is C=C/C(=C\C(C(=O)NCc1ccc(F)c(F)c1)=C(/C)NCc1ccc(B2OC(C)(C)C(C)(C)O2)cc1)C(F)(F)F.CCC. The van der Waals surface area contributed by atoms with Crippen LogP contribution in [0.3, 0.4) is 0 Å². The first-order chi connectivity index (χ1) is 20.0. The lowest BCUT2D eigenvalue weighted by molar-refractivity contribution is -0.117. The minimum absolute atomic E-state index is 0.168. The predicted molar refractivity (Wildman–Crippen MR) is 160 cm³/mol. The number of carbonyl (C=O) groups excluding carboxylic acids is 1. The summed E-state index contributed by atoms with van der Waals surface area (Å²) in [5.41, 5.74) is -0.363. The van der Waals surface area contributed by atoms with Crippen LogP contribution < -0.4 is 16.1 Å². The van der Waals surface area contributed by atoms with Crippen molar-refractivity contribution in [2.24, 2.45) is 0 Å². The third-order valence-electron chi connectivity index (χ3n) is 7.00. The number of benzene rings is 2. The fraction of sp³-hybridized carbons (Fsp3) is 0.406. The van der Waals surface area contributed by atoms with Crippen molar-refractivity contribution >= 4 is 18.5 Å². The first kappa shape index (κ1) is 35.8. The zero-order valence-corrected chi connectivity index (χ0v) is 25.7. The highest BCUT2D eigenvalue weighted by atomic mass is 19.4. The first-order valence-corrected chi connectivity index (χ1v) is 14.0. The Morgan fingerprint density at radius 1 is 0.907 bits per heavy atom. The third-order valence-corrected chi connectivity index (χ3v) is 7.00. The van der Waals surface area contributed by atoms with E-state index >= 15 is 0 Å². The lowest BCUT2D eigenvalue weighted by atomic mass is 9.79. The molecular weight excluding hydrogens is 566 g/mol. The van der Waals surface area contributed by atoms with Crippen LogP contribution in [0, 0.1) is 11.6 Å². The second-order valence-corrected chi connectivity index (χ2v) is 11.2. The number of hydrogen-bond donors (Lipinski definition) is 2. The van der Waals surface area contributed by atoms with Crippen LogP contribution in [-0.2, 0) is 27.2 Å². The van der Waals surface area contributed by atoms with Gasteiger partial charge in [0.05, 0.1) is 22.3 Å². The van der Waals surface area contributed by atoms with Gasteiger partial charge in [0.25, 0.3) is 5.91 Å². The van der Waals surface area contributed by atoms with Crippen molar-refractivity contribution in [2.45, 2.75) is 85.4 Å². The minimum Gasteiger partial charge on any atom is -0.399 e. The number of hydrogen-bond acceptors (Lipinski definition) is 4. The summed E-state index contributed by atoms with van der Waals surface area (Å²) >= 11 is 0. The molecule has 1 heterocycles. The zero-order valence-electron chi connectivity index (χ0n) is 25.7. The Labute approximate surface area is 251 Å². The molecule has 0 aliphatic carbocycles. The van der Waals surface area contributed by atoms with Gasteiger partial charge in [-0.05, 0) is 69.4 Å². The van der Waals surface area contributed by atoms with Crippen LogP contribution in [0.1, 0.15) is 66.0 Å². The molecule has 0 atom stereocenters. The largest absolute Gasteiger partial charge is 0.494 e. The van der Waals surface area contributed by atoms with Crippen LogP contribution in [0.4, 0.5) is 22.0 Å². The maximum Gasteiger partial charge on any atom is 0.494 e. The molecular formula is C32H40BF5N2O3. The van der Waals surface area contributed by atoms with Crippen LogP contribution in [0.25, 0.3) is 0 Å². The number of amides is 1. The van der Waals surface area contributed by atoms with E-state index in [0.717, 1.165) is 23.2 Å². The summed E-state index contributed by atoms with van der Waals surface area (Å²) in [6, 6.07) is 10.4. The highest BCUT2D eigenvalue weighted by Crippen LogP contribution is 2.36. The standard InChI is InChI=1S/C29H32BF5N2O3.C3H8/c1-7-21(29(33,34)35)15-23(26(38)37-17-20-10-13-24(31)25(32)14-20)18(2)36-16-19-8-11-22(12-9-19)30-39-27(3,4)28(5,6)40-30;1-3-2/h7-15,36H,1,16-17H2,2-6H3,(H,37,38);3H2,1-2H3/b21-15+,23-18-;. The molecule has 3 rings (SSSR count). The molecule has 0 bridgehead atoms. The molecule has 5 nitrogen and oxygen atoms in total. The fourth-order valence-electron chi connectivity index (χ4n) is 3.78. The molecule has 0 saturated carbocycles. The molecule has 0 unspecified atom stereocenters. The Morgan fingerprint density at radius 2 is 1.42 bits per heavy atom. The monoisotopic (exact) mass is 606 g/mol. The van der Waals surface area contributed by atoms with Gasteiger partial charge in [0, 0.05) is 18.8 Å². The molecule has 1 aliphatic heterocycles. The summed E-state index contributed by atoms with van der Waals surface area (Å²) in [5, 5.41) is 5.45. The van der Waals surface area contributed by atoms with E-state index in [-0.39, 0.29) is 29.9 Å². The Bertz CT molecular complexity index is 1320. The first-order valence-electron chi connectivity index (χ1n) is 14.0. The van der Waals surface area contributed by atoms with E-state index in [4.69, 9.17) is 9.31 Å². The van der Waals surface area contributed by atoms with Crippen LogP contribution in [-0.4, -0.2) is 30.4 Å². The van der Waals surface area contributed by atoms with Crippen molar-refractivity contribution in [1.29, 1.82) is 0 Å². The molecule has 0 aromatic heterocycles. The average molecular weight is 606 g/mol. The smallest absolute Gasteiger partial charge is 0.399 e. The molecule has 1 fully saturated rings. The van der Waals surface area contributed by atoms with Gasteiger partial charge >= 0.3 is 13.3 Å². The van der Waals surface area contributed by atoms with Crippen LogP contribution >= 0.6 is 0 Å². The number of allylic oxidation sites excluding steroid dienone is 3. The van der Waals surface area contributed by atoms with Crippen molar-refractivity contribution in [3.63, 3.8) is 0 Å². The molecule has 1 aliphatic rings. The van der Waals surface area contributed by atoms with E-state index in [1.807, 2.05) is 52.0 Å². The van der Waals surface area contributed by atoms with Gasteiger partial charge in [0.15, 0.2) is 11.6 Å². The van der Waals surface area contributed by atoms with E-state index in [9.17, 15) is 26.7 Å². The molecule has 0 radical (unpaired) electrons. The Balaban J connectivity index is 0.00000206. The van der Waals surface area contributed by atoms with Crippen molar-refractivity contribution < 1.29 is 36.1 Å². The second-order valence-electron chi connectivity index (χ2n) is 11.2. The van der Waals surface area contributed by atoms with Gasteiger partial charge < -0.3 is 19.9 Å². The minimum atomic E-state index is -4.74. The van der Waals surface area contributed by atoms with Gasteiger partial charge in [-0.2, -0.15) is 13.2 Å². The molecule has 1 saturated heterocycles. The lowest BCUT2D eigenvalue weighted by Crippen LogP contribution is -2.41. The highest BCUT2D eigenvalue weighted by Gasteiger charge is 2.51. The van der Waals surface area contributed by atoms with E-state index < -0.39 is 47.6 Å². The summed E-state index contributed by atoms with van der Waals surface area (Å²) in [5.74, 6) is -2.99. The fourth-order valence-corrected chi connectivity index (χ4v) is 3.78. The summed E-state index contributed by atoms with van der Waals surface area (Å²) < 4.78 is 79.1. The molecule has 11 heteroatoms. The van der Waals surface area contributed by atoms with E-state index in [1.165, 1.54) is 19.4 Å². The lowest BCUT2D eigenvalue weighted by Gasteiger charge is -2.32. The highest BCUT2D eigenvalue weighted by molar-refractivity contribution is 6.62. The van der Waals surface area contributed by atoms with E-state index in [1.54, 1.807) is 0 Å². The molecule has 2 N–H and O–H groups in total. The Morgan fingerprint density at radius 3 is 1.91 bits per heavy atom. The molecule has 2 aromatic carbocycles. The summed E-state index contributed by atoms with van der Waals surface area (Å²) in [6.07, 6.45) is -2.18. The normalized spacial score (nSPS) is 16.6. The van der Waals surface area contributed by atoms with Crippen molar-refractivity contribution in [1.82, 2.24) is 10.6 Å². The number of halogens is 5. The topological polar surface area (TPSA) is 59.6 Å². The van der Waals surface area contributed by atoms with Crippen LogP contribution in [0.15, 0.2) is 78.0 Å². The molecule has 1 amide bonds. The van der Waals surface area contributed by atoms with Crippen LogP contribution in [0.5, 0.6) is 0 Å². The van der Waals surface area contributed by atoms with Crippen molar-refractivity contribution in [3.8, 4) is 0 Å². The van der Waals surface area contributed by atoms with Gasteiger partial charge in [0.1, 0.15) is 0 Å². The Hall–Kier alpha value is -3.44. The summed E-state index contributed by atoms with van der Waals surface area (Å²) in [6.45, 7) is 16.7. The van der Waals surface area contributed by atoms with Gasteiger partial charge in [0.2, 0.25) is 0 Å². The number of carbonyl (C=O) groups is 1. The maximum absolute atomic E-state index is 13.5. The van der Waals surface area contributed by atoms with Crippen molar-refractivity contribution in [3.05, 3.63) is 101 Å². The average Bonchev–Trinajstić information content (AvgIpc) is 3.14. The number of nitrogens with one attached hydrogen (secondary N) is 2. The second kappa shape index (κ2) is 14.8. The van der Waals surface area contributed by atoms with E-state index in [2.05, 4.69) is 31.1 Å². The molecule has 0 spiro atoms. The molecule has 43 heavy (non-hydrogen) atoms. The summed E-state index contributed by atoms with van der Waals surface area (Å²) in [4.78, 5) is 12.9. The van der Waals surface area contributed by atoms with Gasteiger partial charge in [-0.1, -0.05) is 63.3 Å². The summed E-state index contributed by atoms with van der Waals surface area (Å²) in [7, 11) is -0.539. The number of alkyl halides is 3. The third kappa shape index (κ3) is 9.79. The van der Waals surface area contributed by atoms with Gasteiger partial charge in [-0.3, -0.25) is 4.79 Å². The zero-order chi connectivity index (χ0) is 32.6. The van der Waals surface area contributed by atoms with Gasteiger partial charge in [-0.15, -0.1) is 0 Å². The van der Waals surface area contributed by atoms with Crippen molar-refractivity contribution in [2.75, 3.05) is 0 Å². The quantitative estimate of drug-likeness (QED) is 0.139. The Kier molecular flexibility index (Phi) is 12.3.